The molecule has 0 aromatic carbocycles. The summed E-state index contributed by atoms with van der Waals surface area (Å²) in [5.74, 6) is 0. The van der Waals surface area contributed by atoms with Crippen molar-refractivity contribution in [3.63, 3.8) is 0 Å². The SMILES string of the molecule is Brc1cn(C2CCCNC2)cn1. The zero-order chi connectivity index (χ0) is 8.39. The van der Waals surface area contributed by atoms with Gasteiger partial charge in [0.1, 0.15) is 4.60 Å². The highest BCUT2D eigenvalue weighted by Gasteiger charge is 2.14. The van der Waals surface area contributed by atoms with Crippen LogP contribution < -0.4 is 5.32 Å². The first kappa shape index (κ1) is 8.26. The number of aromatic nitrogens is 2. The smallest absolute Gasteiger partial charge is 0.124 e. The van der Waals surface area contributed by atoms with Crippen molar-refractivity contribution in [1.29, 1.82) is 0 Å². The van der Waals surface area contributed by atoms with Crippen molar-refractivity contribution in [2.24, 2.45) is 0 Å². The van der Waals surface area contributed by atoms with E-state index in [9.17, 15) is 0 Å². The average molecular weight is 230 g/mol. The van der Waals surface area contributed by atoms with Crippen molar-refractivity contribution in [1.82, 2.24) is 14.9 Å². The average Bonchev–Trinajstić information content (AvgIpc) is 2.54. The van der Waals surface area contributed by atoms with Gasteiger partial charge in [0, 0.05) is 18.8 Å². The van der Waals surface area contributed by atoms with Gasteiger partial charge in [0.05, 0.1) is 6.33 Å². The second-order valence-corrected chi connectivity index (χ2v) is 3.96. The van der Waals surface area contributed by atoms with Crippen LogP contribution in [0.25, 0.3) is 0 Å². The Bertz CT molecular complexity index is 253. The Balaban J connectivity index is 2.08. The molecule has 1 N–H and O–H groups in total. The van der Waals surface area contributed by atoms with E-state index in [0.29, 0.717) is 6.04 Å². The van der Waals surface area contributed by atoms with E-state index in [4.69, 9.17) is 0 Å². The minimum Gasteiger partial charge on any atom is -0.332 e. The molecule has 1 aliphatic heterocycles. The van der Waals surface area contributed by atoms with Gasteiger partial charge in [-0.25, -0.2) is 4.98 Å². The van der Waals surface area contributed by atoms with Crippen LogP contribution in [0.1, 0.15) is 18.9 Å². The standard InChI is InChI=1S/C8H12BrN3/c9-8-5-12(6-11-8)7-2-1-3-10-4-7/h5-7,10H,1-4H2. The van der Waals surface area contributed by atoms with Crippen molar-refractivity contribution < 1.29 is 0 Å². The van der Waals surface area contributed by atoms with Crippen LogP contribution in [0.15, 0.2) is 17.1 Å². The molecule has 0 spiro atoms. The van der Waals surface area contributed by atoms with Gasteiger partial charge in [-0.2, -0.15) is 0 Å². The first-order valence-corrected chi connectivity index (χ1v) is 5.05. The van der Waals surface area contributed by atoms with E-state index in [1.165, 1.54) is 12.8 Å². The summed E-state index contributed by atoms with van der Waals surface area (Å²) in [5, 5.41) is 3.38. The lowest BCUT2D eigenvalue weighted by Gasteiger charge is -2.23. The molecule has 2 heterocycles. The maximum atomic E-state index is 4.14. The third-order valence-corrected chi connectivity index (χ3v) is 2.67. The zero-order valence-corrected chi connectivity index (χ0v) is 8.42. The van der Waals surface area contributed by atoms with Gasteiger partial charge in [0.2, 0.25) is 0 Å². The predicted octanol–water partition coefficient (Wildman–Crippen LogP) is 1.57. The van der Waals surface area contributed by atoms with Gasteiger partial charge in [-0.05, 0) is 35.3 Å². The van der Waals surface area contributed by atoms with Crippen LogP contribution in [-0.4, -0.2) is 22.6 Å². The van der Waals surface area contributed by atoms with Gasteiger partial charge >= 0.3 is 0 Å². The molecule has 0 amide bonds. The van der Waals surface area contributed by atoms with Crippen LogP contribution in [0.2, 0.25) is 0 Å². The maximum absolute atomic E-state index is 4.14. The third kappa shape index (κ3) is 1.69. The second kappa shape index (κ2) is 3.58. The molecular formula is C8H12BrN3. The molecule has 1 saturated heterocycles. The molecule has 0 aliphatic carbocycles. The summed E-state index contributed by atoms with van der Waals surface area (Å²) in [6.07, 6.45) is 6.45. The van der Waals surface area contributed by atoms with Crippen molar-refractivity contribution in [3.8, 4) is 0 Å². The van der Waals surface area contributed by atoms with Gasteiger partial charge in [-0.1, -0.05) is 0 Å². The van der Waals surface area contributed by atoms with Crippen LogP contribution >= 0.6 is 15.9 Å². The van der Waals surface area contributed by atoms with Gasteiger partial charge in [-0.15, -0.1) is 0 Å². The van der Waals surface area contributed by atoms with Crippen molar-refractivity contribution >= 4 is 15.9 Å². The number of nitrogens with one attached hydrogen (secondary N) is 1. The van der Waals surface area contributed by atoms with E-state index < -0.39 is 0 Å². The van der Waals surface area contributed by atoms with Gasteiger partial charge in [0.15, 0.2) is 0 Å². The molecule has 1 aromatic rings. The number of hydrogen-bond acceptors (Lipinski definition) is 2. The Morgan fingerprint density at radius 3 is 3.17 bits per heavy atom. The lowest BCUT2D eigenvalue weighted by molar-refractivity contribution is 0.371. The van der Waals surface area contributed by atoms with Crippen molar-refractivity contribution in [2.45, 2.75) is 18.9 Å². The molecule has 2 rings (SSSR count). The first-order chi connectivity index (χ1) is 5.86. The maximum Gasteiger partial charge on any atom is 0.124 e. The third-order valence-electron chi connectivity index (χ3n) is 2.26. The van der Waals surface area contributed by atoms with Crippen LogP contribution in [0.4, 0.5) is 0 Å². The van der Waals surface area contributed by atoms with Crippen LogP contribution in [0.3, 0.4) is 0 Å². The molecule has 66 valence electrons. The fraction of sp³-hybridized carbons (Fsp3) is 0.625. The number of piperidine rings is 1. The van der Waals surface area contributed by atoms with E-state index >= 15 is 0 Å². The Labute approximate surface area is 80.3 Å². The normalized spacial score (nSPS) is 24.2. The Kier molecular flexibility index (Phi) is 2.46. The highest BCUT2D eigenvalue weighted by Crippen LogP contribution is 2.17. The lowest BCUT2D eigenvalue weighted by atomic mass is 10.1. The lowest BCUT2D eigenvalue weighted by Crippen LogP contribution is -2.31. The quantitative estimate of drug-likeness (QED) is 0.793. The fourth-order valence-electron chi connectivity index (χ4n) is 1.60. The number of nitrogens with zero attached hydrogens (tertiary/aromatic N) is 2. The Morgan fingerprint density at radius 1 is 1.67 bits per heavy atom. The molecular weight excluding hydrogens is 218 g/mol. The van der Waals surface area contributed by atoms with Gasteiger partial charge < -0.3 is 9.88 Å². The van der Waals surface area contributed by atoms with E-state index in [2.05, 4.69) is 30.8 Å². The molecule has 1 unspecified atom stereocenters. The largest absolute Gasteiger partial charge is 0.332 e. The second-order valence-electron chi connectivity index (χ2n) is 3.14. The van der Waals surface area contributed by atoms with Crippen LogP contribution in [0.5, 0.6) is 0 Å². The summed E-state index contributed by atoms with van der Waals surface area (Å²) >= 11 is 3.35. The fourth-order valence-corrected chi connectivity index (χ4v) is 1.93. The summed E-state index contributed by atoms with van der Waals surface area (Å²) < 4.78 is 3.10. The Morgan fingerprint density at radius 2 is 2.58 bits per heavy atom. The topological polar surface area (TPSA) is 29.9 Å². The summed E-state index contributed by atoms with van der Waals surface area (Å²) in [6, 6.07) is 0.595. The van der Waals surface area contributed by atoms with E-state index in [1.807, 2.05) is 12.5 Å². The van der Waals surface area contributed by atoms with Gasteiger partial charge in [0.25, 0.3) is 0 Å². The number of imidazole rings is 1. The minimum absolute atomic E-state index is 0.595. The zero-order valence-electron chi connectivity index (χ0n) is 6.83. The molecule has 1 atom stereocenters. The highest BCUT2D eigenvalue weighted by atomic mass is 79.9. The molecule has 0 saturated carbocycles. The van der Waals surface area contributed by atoms with Crippen LogP contribution in [0, 0.1) is 0 Å². The minimum atomic E-state index is 0.595. The summed E-state index contributed by atoms with van der Waals surface area (Å²) in [5.41, 5.74) is 0. The predicted molar refractivity (Wildman–Crippen MR) is 51.1 cm³/mol. The summed E-state index contributed by atoms with van der Waals surface area (Å²) in [7, 11) is 0. The molecule has 3 nitrogen and oxygen atoms in total. The number of halogens is 1. The van der Waals surface area contributed by atoms with Crippen LogP contribution in [-0.2, 0) is 0 Å². The molecule has 1 fully saturated rings. The molecule has 12 heavy (non-hydrogen) atoms. The number of rotatable bonds is 1. The van der Waals surface area contributed by atoms with E-state index in [0.717, 1.165) is 17.7 Å². The van der Waals surface area contributed by atoms with Crippen molar-refractivity contribution in [3.05, 3.63) is 17.1 Å². The highest BCUT2D eigenvalue weighted by molar-refractivity contribution is 9.10. The molecule has 1 aliphatic rings. The van der Waals surface area contributed by atoms with E-state index in [-0.39, 0.29) is 0 Å². The monoisotopic (exact) mass is 229 g/mol. The molecule has 1 aromatic heterocycles. The van der Waals surface area contributed by atoms with E-state index in [1.54, 1.807) is 0 Å². The van der Waals surface area contributed by atoms with Crippen molar-refractivity contribution in [2.75, 3.05) is 13.1 Å². The molecule has 4 heteroatoms. The number of hydrogen-bond donors (Lipinski definition) is 1. The molecule has 0 radical (unpaired) electrons. The molecule has 0 bridgehead atoms. The summed E-state index contributed by atoms with van der Waals surface area (Å²) in [4.78, 5) is 4.14. The van der Waals surface area contributed by atoms with Gasteiger partial charge in [-0.3, -0.25) is 0 Å². The Hall–Kier alpha value is -0.350. The summed E-state index contributed by atoms with van der Waals surface area (Å²) in [6.45, 7) is 2.23. The first-order valence-electron chi connectivity index (χ1n) is 4.26.